The number of anilines is 1. The molecule has 0 aliphatic carbocycles. The molecule has 2 aromatic carbocycles. The fraction of sp³-hybridized carbons (Fsp3) is 0.385. The fourth-order valence-electron chi connectivity index (χ4n) is 4.85. The number of imide groups is 1. The maximum Gasteiger partial charge on any atom is 0.293 e. The smallest absolute Gasteiger partial charge is 0.293 e. The molecule has 2 heterocycles. The zero-order valence-electron chi connectivity index (χ0n) is 19.3. The normalized spacial score (nSPS) is 21.2. The molecule has 0 bridgehead atoms. The zero-order valence-corrected chi connectivity index (χ0v) is 20.1. The van der Waals surface area contributed by atoms with Crippen LogP contribution in [0, 0.1) is 11.6 Å². The minimum Gasteiger partial charge on any atom is -0.366 e. The van der Waals surface area contributed by atoms with Crippen LogP contribution < -0.4 is 4.90 Å². The first-order valence-electron chi connectivity index (χ1n) is 11.2. The molecular weight excluding hydrogens is 442 g/mol. The van der Waals surface area contributed by atoms with Crippen molar-refractivity contribution in [1.82, 2.24) is 4.90 Å². The molecule has 33 heavy (non-hydrogen) atoms. The molecule has 0 saturated carbocycles. The van der Waals surface area contributed by atoms with E-state index in [1.54, 1.807) is 24.3 Å². The van der Waals surface area contributed by atoms with E-state index in [-0.39, 0.29) is 34.0 Å². The Bertz CT molecular complexity index is 1150. The monoisotopic (exact) mass is 470 g/mol. The minimum absolute atomic E-state index is 0.0776. The second-order valence-electron chi connectivity index (χ2n) is 9.36. The molecule has 2 aromatic rings. The van der Waals surface area contributed by atoms with Gasteiger partial charge in [0.1, 0.15) is 11.6 Å². The first kappa shape index (κ1) is 23.5. The van der Waals surface area contributed by atoms with E-state index < -0.39 is 22.8 Å². The van der Waals surface area contributed by atoms with Gasteiger partial charge in [-0.2, -0.15) is 0 Å². The molecular formula is C26H28F2N2O2S. The Morgan fingerprint density at radius 3 is 2.58 bits per heavy atom. The molecule has 7 heteroatoms. The Balaban J connectivity index is 1.66. The van der Waals surface area contributed by atoms with Crippen LogP contribution in [-0.4, -0.2) is 28.1 Å². The van der Waals surface area contributed by atoms with Crippen LogP contribution >= 0.6 is 11.8 Å². The second kappa shape index (κ2) is 8.93. The minimum atomic E-state index is -0.535. The van der Waals surface area contributed by atoms with Crippen LogP contribution in [0.3, 0.4) is 0 Å². The van der Waals surface area contributed by atoms with E-state index >= 15 is 4.39 Å². The summed E-state index contributed by atoms with van der Waals surface area (Å²) in [5, 5.41) is -0.489. The summed E-state index contributed by atoms with van der Waals surface area (Å²) in [5.74, 6) is -1.21. The molecule has 2 aliphatic heterocycles. The van der Waals surface area contributed by atoms with Gasteiger partial charge in [-0.25, -0.2) is 8.78 Å². The highest BCUT2D eigenvalue weighted by molar-refractivity contribution is 8.18. The molecule has 2 aliphatic rings. The summed E-state index contributed by atoms with van der Waals surface area (Å²) in [6, 6.07) is 9.39. The molecule has 174 valence electrons. The van der Waals surface area contributed by atoms with Crippen molar-refractivity contribution < 1.29 is 18.4 Å². The number of fused-ring (bicyclic) bond motifs is 1. The van der Waals surface area contributed by atoms with E-state index in [4.69, 9.17) is 0 Å². The highest BCUT2D eigenvalue weighted by atomic mass is 32.2. The number of halogens is 2. The van der Waals surface area contributed by atoms with Gasteiger partial charge in [-0.1, -0.05) is 32.0 Å². The molecule has 1 saturated heterocycles. The van der Waals surface area contributed by atoms with E-state index in [2.05, 4.69) is 32.6 Å². The van der Waals surface area contributed by atoms with Gasteiger partial charge in [0, 0.05) is 28.9 Å². The molecule has 0 spiro atoms. The molecule has 1 atom stereocenters. The topological polar surface area (TPSA) is 40.6 Å². The highest BCUT2D eigenvalue weighted by Crippen LogP contribution is 2.45. The number of nitrogens with zero attached hydrogens (tertiary/aromatic N) is 2. The summed E-state index contributed by atoms with van der Waals surface area (Å²) >= 11 is 0.756. The van der Waals surface area contributed by atoms with Crippen molar-refractivity contribution in [3.63, 3.8) is 0 Å². The second-order valence-corrected chi connectivity index (χ2v) is 10.4. The first-order valence-corrected chi connectivity index (χ1v) is 12.0. The van der Waals surface area contributed by atoms with Gasteiger partial charge in [0.15, 0.2) is 0 Å². The lowest BCUT2D eigenvalue weighted by Crippen LogP contribution is -2.48. The van der Waals surface area contributed by atoms with Crippen LogP contribution in [0.1, 0.15) is 63.1 Å². The quantitative estimate of drug-likeness (QED) is 0.456. The van der Waals surface area contributed by atoms with E-state index in [1.165, 1.54) is 18.2 Å². The van der Waals surface area contributed by atoms with Gasteiger partial charge in [0.05, 0.1) is 11.4 Å². The van der Waals surface area contributed by atoms with E-state index in [0.29, 0.717) is 0 Å². The zero-order chi connectivity index (χ0) is 23.9. The van der Waals surface area contributed by atoms with Crippen molar-refractivity contribution >= 4 is 34.7 Å². The molecule has 4 rings (SSSR count). The van der Waals surface area contributed by atoms with Crippen LogP contribution in [0.2, 0.25) is 0 Å². The predicted octanol–water partition coefficient (Wildman–Crippen LogP) is 6.70. The Kier molecular flexibility index (Phi) is 6.36. The van der Waals surface area contributed by atoms with Crippen LogP contribution in [0.5, 0.6) is 0 Å². The van der Waals surface area contributed by atoms with Crippen molar-refractivity contribution in [3.05, 3.63) is 69.6 Å². The predicted molar refractivity (Wildman–Crippen MR) is 129 cm³/mol. The van der Waals surface area contributed by atoms with Crippen molar-refractivity contribution in [2.45, 2.75) is 58.5 Å². The van der Waals surface area contributed by atoms with Gasteiger partial charge in [-0.05, 0) is 74.2 Å². The Labute approximate surface area is 197 Å². The number of carbonyl (C=O) groups excluding carboxylic acids is 2. The average Bonchev–Trinajstić information content (AvgIpc) is 3.00. The van der Waals surface area contributed by atoms with Crippen LogP contribution in [0.15, 0.2) is 41.3 Å². The van der Waals surface area contributed by atoms with Crippen molar-refractivity contribution in [2.24, 2.45) is 0 Å². The van der Waals surface area contributed by atoms with E-state index in [9.17, 15) is 14.0 Å². The van der Waals surface area contributed by atoms with Gasteiger partial charge in [0.2, 0.25) is 0 Å². The summed E-state index contributed by atoms with van der Waals surface area (Å²) in [6.07, 6.45) is 3.33. The largest absolute Gasteiger partial charge is 0.366 e. The number of amides is 2. The number of hydrogen-bond acceptors (Lipinski definition) is 4. The molecule has 1 fully saturated rings. The maximum atomic E-state index is 15.2. The third-order valence-corrected chi connectivity index (χ3v) is 7.31. The Hall–Kier alpha value is -2.67. The maximum absolute atomic E-state index is 15.2. The SMILES string of the molecule is CCCN1c2cc(F)c(/C=C3/SC(=O)N(Cc4ccccc4F)C3=O)cc2C(C)CC1(C)C. The summed E-state index contributed by atoms with van der Waals surface area (Å²) in [5.41, 5.74) is 2.40. The van der Waals surface area contributed by atoms with Gasteiger partial charge < -0.3 is 4.90 Å². The summed E-state index contributed by atoms with van der Waals surface area (Å²) in [4.78, 5) is 28.8. The summed E-state index contributed by atoms with van der Waals surface area (Å²) in [6.45, 7) is 9.28. The lowest BCUT2D eigenvalue weighted by Gasteiger charge is -2.47. The molecule has 0 N–H and O–H groups in total. The van der Waals surface area contributed by atoms with Crippen molar-refractivity contribution in [2.75, 3.05) is 11.4 Å². The lowest BCUT2D eigenvalue weighted by atomic mass is 9.79. The third kappa shape index (κ3) is 4.43. The molecule has 0 aromatic heterocycles. The Morgan fingerprint density at radius 2 is 1.88 bits per heavy atom. The molecule has 1 unspecified atom stereocenters. The number of benzene rings is 2. The number of carbonyl (C=O) groups is 2. The van der Waals surface area contributed by atoms with E-state index in [1.807, 2.05) is 0 Å². The molecule has 2 amide bonds. The van der Waals surface area contributed by atoms with Gasteiger partial charge in [-0.3, -0.25) is 14.5 Å². The standard InChI is InChI=1S/C26H28F2N2O2S/c1-5-10-30-22-13-21(28)18(11-19(22)16(2)14-26(30,3)4)12-23-24(31)29(25(32)33-23)15-17-8-6-7-9-20(17)27/h6-9,11-13,16H,5,10,14-15H2,1-4H3/b23-12+. The fourth-order valence-corrected chi connectivity index (χ4v) is 5.68. The third-order valence-electron chi connectivity index (χ3n) is 6.40. The summed E-state index contributed by atoms with van der Waals surface area (Å²) < 4.78 is 29.2. The highest BCUT2D eigenvalue weighted by Gasteiger charge is 2.38. The van der Waals surface area contributed by atoms with E-state index in [0.717, 1.165) is 47.3 Å². The first-order chi connectivity index (χ1) is 15.6. The lowest BCUT2D eigenvalue weighted by molar-refractivity contribution is -0.123. The summed E-state index contributed by atoms with van der Waals surface area (Å²) in [7, 11) is 0. The number of rotatable bonds is 5. The van der Waals surface area contributed by atoms with Crippen LogP contribution in [0.25, 0.3) is 6.08 Å². The van der Waals surface area contributed by atoms with Gasteiger partial charge in [-0.15, -0.1) is 0 Å². The molecule has 0 radical (unpaired) electrons. The number of hydrogen-bond donors (Lipinski definition) is 0. The Morgan fingerprint density at radius 1 is 1.15 bits per heavy atom. The van der Waals surface area contributed by atoms with Gasteiger partial charge >= 0.3 is 0 Å². The van der Waals surface area contributed by atoms with Crippen LogP contribution in [0.4, 0.5) is 19.3 Å². The van der Waals surface area contributed by atoms with Crippen molar-refractivity contribution in [3.8, 4) is 0 Å². The molecule has 4 nitrogen and oxygen atoms in total. The van der Waals surface area contributed by atoms with Crippen molar-refractivity contribution in [1.29, 1.82) is 0 Å². The van der Waals surface area contributed by atoms with Crippen LogP contribution in [-0.2, 0) is 11.3 Å². The number of thioether (sulfide) groups is 1. The van der Waals surface area contributed by atoms with Gasteiger partial charge in [0.25, 0.3) is 11.1 Å². The average molecular weight is 471 g/mol.